The van der Waals surface area contributed by atoms with Gasteiger partial charge < -0.3 is 18.9 Å². The molecule has 0 aliphatic rings. The van der Waals surface area contributed by atoms with Crippen molar-refractivity contribution < 1.29 is 28.5 Å². The molecule has 0 aromatic heterocycles. The van der Waals surface area contributed by atoms with Crippen molar-refractivity contribution in [2.24, 2.45) is 0 Å². The lowest BCUT2D eigenvalue weighted by molar-refractivity contribution is -0.159. The Morgan fingerprint density at radius 3 is 1.70 bits per heavy atom. The fourth-order valence-electron chi connectivity index (χ4n) is 1.58. The van der Waals surface area contributed by atoms with Crippen LogP contribution in [-0.4, -0.2) is 51.1 Å². The summed E-state index contributed by atoms with van der Waals surface area (Å²) in [7, 11) is 3.03. The van der Waals surface area contributed by atoms with Crippen LogP contribution in [0.5, 0.6) is 0 Å². The van der Waals surface area contributed by atoms with Crippen LogP contribution < -0.4 is 0 Å². The number of rotatable bonds is 10. The predicted octanol–water partition coefficient (Wildman–Crippen LogP) is 3.12. The number of hydrogen-bond acceptors (Lipinski definition) is 6. The maximum atomic E-state index is 11.1. The molecule has 0 radical (unpaired) electrons. The van der Waals surface area contributed by atoms with Gasteiger partial charge in [0.05, 0.1) is 12.7 Å². The molecular weight excluding hydrogens is 300 g/mol. The van der Waals surface area contributed by atoms with Gasteiger partial charge in [0.2, 0.25) is 0 Å². The summed E-state index contributed by atoms with van der Waals surface area (Å²) in [6.45, 7) is 9.99. The molecule has 0 bridgehead atoms. The molecule has 2 atom stereocenters. The van der Waals surface area contributed by atoms with Crippen molar-refractivity contribution in [3.05, 3.63) is 0 Å². The van der Waals surface area contributed by atoms with Crippen LogP contribution in [0.25, 0.3) is 0 Å². The number of hydrogen-bond donors (Lipinski definition) is 0. The van der Waals surface area contributed by atoms with Crippen LogP contribution in [0.1, 0.15) is 60.3 Å². The first kappa shape index (κ1) is 24.1. The number of methoxy groups -OCH3 is 2. The quantitative estimate of drug-likeness (QED) is 0.451. The normalized spacial score (nSPS) is 12.9. The van der Waals surface area contributed by atoms with Crippen LogP contribution in [0, 0.1) is 0 Å². The van der Waals surface area contributed by atoms with Crippen molar-refractivity contribution in [2.45, 2.75) is 78.6 Å². The second-order valence-electron chi connectivity index (χ2n) is 5.27. The molecule has 0 aromatic carbocycles. The molecule has 0 saturated carbocycles. The summed E-state index contributed by atoms with van der Waals surface area (Å²) in [6, 6.07) is 0. The Hall–Kier alpha value is -1.14. The molecule has 0 saturated heterocycles. The topological polar surface area (TPSA) is 71.1 Å². The largest absolute Gasteiger partial charge is 0.464 e. The zero-order valence-electron chi connectivity index (χ0n) is 15.7. The van der Waals surface area contributed by atoms with Crippen LogP contribution in [0.15, 0.2) is 0 Å². The SMILES string of the molecule is CCC(OC)C(=O)OC(C)C.CCCCOC(=O)C(CC)OC. The Morgan fingerprint density at radius 1 is 0.870 bits per heavy atom. The highest BCUT2D eigenvalue weighted by Crippen LogP contribution is 2.01. The molecule has 0 heterocycles. The smallest absolute Gasteiger partial charge is 0.335 e. The van der Waals surface area contributed by atoms with Gasteiger partial charge in [0.1, 0.15) is 0 Å². The predicted molar refractivity (Wildman–Crippen MR) is 89.3 cm³/mol. The molecule has 0 aliphatic heterocycles. The highest BCUT2D eigenvalue weighted by atomic mass is 16.6. The number of ether oxygens (including phenoxy) is 4. The van der Waals surface area contributed by atoms with Gasteiger partial charge in [-0.3, -0.25) is 0 Å². The Labute approximate surface area is 140 Å². The molecule has 0 fully saturated rings. The van der Waals surface area contributed by atoms with Crippen LogP contribution >= 0.6 is 0 Å². The van der Waals surface area contributed by atoms with Crippen molar-refractivity contribution in [3.63, 3.8) is 0 Å². The third-order valence-corrected chi connectivity index (χ3v) is 2.93. The summed E-state index contributed by atoms with van der Waals surface area (Å²) in [6.07, 6.45) is 2.43. The standard InChI is InChI=1S/C9H18O3.C8H16O3/c1-4-6-7-12-9(10)8(5-2)11-3;1-5-7(10-4)8(9)11-6(2)3/h8H,4-7H2,1-3H3;6-7H,5H2,1-4H3. The summed E-state index contributed by atoms with van der Waals surface area (Å²) in [4.78, 5) is 22.2. The highest BCUT2D eigenvalue weighted by molar-refractivity contribution is 5.75. The summed E-state index contributed by atoms with van der Waals surface area (Å²) >= 11 is 0. The van der Waals surface area contributed by atoms with E-state index >= 15 is 0 Å². The van der Waals surface area contributed by atoms with Crippen LogP contribution in [0.4, 0.5) is 0 Å². The molecule has 0 spiro atoms. The van der Waals surface area contributed by atoms with Gasteiger partial charge in [-0.15, -0.1) is 0 Å². The summed E-state index contributed by atoms with van der Waals surface area (Å²) in [5, 5.41) is 0. The van der Waals surface area contributed by atoms with Crippen LogP contribution in [0.2, 0.25) is 0 Å². The molecule has 0 N–H and O–H groups in total. The minimum absolute atomic E-state index is 0.0632. The summed E-state index contributed by atoms with van der Waals surface area (Å²) < 4.78 is 19.7. The first-order valence-corrected chi connectivity index (χ1v) is 8.30. The van der Waals surface area contributed by atoms with Gasteiger partial charge in [-0.25, -0.2) is 9.59 Å². The number of unbranched alkanes of at least 4 members (excludes halogenated alkanes) is 1. The maximum absolute atomic E-state index is 11.1. The van der Waals surface area contributed by atoms with E-state index in [0.717, 1.165) is 12.8 Å². The highest BCUT2D eigenvalue weighted by Gasteiger charge is 2.17. The van der Waals surface area contributed by atoms with Crippen molar-refractivity contribution in [1.82, 2.24) is 0 Å². The third-order valence-electron chi connectivity index (χ3n) is 2.93. The molecule has 0 aliphatic carbocycles. The minimum Gasteiger partial charge on any atom is -0.464 e. The Kier molecular flexibility index (Phi) is 16.5. The van der Waals surface area contributed by atoms with E-state index < -0.39 is 6.10 Å². The molecule has 0 amide bonds. The molecule has 0 rings (SSSR count). The Morgan fingerprint density at radius 2 is 1.35 bits per heavy atom. The van der Waals surface area contributed by atoms with E-state index in [1.54, 1.807) is 0 Å². The van der Waals surface area contributed by atoms with Crippen molar-refractivity contribution >= 4 is 11.9 Å². The van der Waals surface area contributed by atoms with Crippen LogP contribution in [0.3, 0.4) is 0 Å². The fraction of sp³-hybridized carbons (Fsp3) is 0.882. The van der Waals surface area contributed by atoms with Crippen LogP contribution in [-0.2, 0) is 28.5 Å². The van der Waals surface area contributed by atoms with E-state index in [4.69, 9.17) is 18.9 Å². The number of carbonyl (C=O) groups is 2. The molecule has 6 heteroatoms. The van der Waals surface area contributed by atoms with E-state index in [1.165, 1.54) is 14.2 Å². The molecule has 0 aromatic rings. The molecule has 6 nitrogen and oxygen atoms in total. The summed E-state index contributed by atoms with van der Waals surface area (Å²) in [5.74, 6) is -0.515. The van der Waals surface area contributed by atoms with Gasteiger partial charge in [0, 0.05) is 14.2 Å². The third kappa shape index (κ3) is 13.0. The van der Waals surface area contributed by atoms with Crippen molar-refractivity contribution in [3.8, 4) is 0 Å². The van der Waals surface area contributed by atoms with E-state index in [1.807, 2.05) is 27.7 Å². The number of carbonyl (C=O) groups excluding carboxylic acids is 2. The van der Waals surface area contributed by atoms with E-state index in [2.05, 4.69) is 6.92 Å². The molecule has 23 heavy (non-hydrogen) atoms. The zero-order valence-corrected chi connectivity index (χ0v) is 15.7. The second-order valence-corrected chi connectivity index (χ2v) is 5.27. The zero-order chi connectivity index (χ0) is 18.3. The summed E-state index contributed by atoms with van der Waals surface area (Å²) in [5.41, 5.74) is 0. The van der Waals surface area contributed by atoms with Gasteiger partial charge in [0.25, 0.3) is 0 Å². The number of esters is 2. The average Bonchev–Trinajstić information content (AvgIpc) is 2.50. The van der Waals surface area contributed by atoms with Gasteiger partial charge in [-0.1, -0.05) is 27.2 Å². The van der Waals surface area contributed by atoms with E-state index in [0.29, 0.717) is 19.4 Å². The fourth-order valence-corrected chi connectivity index (χ4v) is 1.58. The van der Waals surface area contributed by atoms with Gasteiger partial charge in [0.15, 0.2) is 12.2 Å². The monoisotopic (exact) mass is 334 g/mol. The maximum Gasteiger partial charge on any atom is 0.335 e. The van der Waals surface area contributed by atoms with Crippen molar-refractivity contribution in [2.75, 3.05) is 20.8 Å². The first-order chi connectivity index (χ1) is 10.9. The molecular formula is C17H34O6. The van der Waals surface area contributed by atoms with Gasteiger partial charge in [-0.2, -0.15) is 0 Å². The van der Waals surface area contributed by atoms with Crippen molar-refractivity contribution in [1.29, 1.82) is 0 Å². The van der Waals surface area contributed by atoms with Gasteiger partial charge in [-0.05, 0) is 33.1 Å². The Balaban J connectivity index is 0. The van der Waals surface area contributed by atoms with E-state index in [9.17, 15) is 9.59 Å². The molecule has 138 valence electrons. The molecule has 2 unspecified atom stereocenters. The average molecular weight is 334 g/mol. The lowest BCUT2D eigenvalue weighted by Crippen LogP contribution is -2.26. The lowest BCUT2D eigenvalue weighted by atomic mass is 10.3. The second kappa shape index (κ2) is 15.7. The van der Waals surface area contributed by atoms with Gasteiger partial charge >= 0.3 is 11.9 Å². The first-order valence-electron chi connectivity index (χ1n) is 8.30. The Bertz CT molecular complexity index is 295. The minimum atomic E-state index is -0.405. The van der Waals surface area contributed by atoms with E-state index in [-0.39, 0.29) is 24.1 Å². The lowest BCUT2D eigenvalue weighted by Gasteiger charge is -2.14.